The van der Waals surface area contributed by atoms with Crippen LogP contribution in [-0.2, 0) is 10.1 Å². The van der Waals surface area contributed by atoms with Crippen molar-refractivity contribution in [1.82, 2.24) is 0 Å². The van der Waals surface area contributed by atoms with E-state index in [1.54, 1.807) is 18.2 Å². The van der Waals surface area contributed by atoms with E-state index in [0.29, 0.717) is 0 Å². The summed E-state index contributed by atoms with van der Waals surface area (Å²) in [6.07, 6.45) is 0. The molecule has 0 aliphatic rings. The maximum Gasteiger partial charge on any atom is 0.193 e. The second kappa shape index (κ2) is 3.98. The molecule has 0 bridgehead atoms. The van der Waals surface area contributed by atoms with Gasteiger partial charge in [0.2, 0.25) is 0 Å². The van der Waals surface area contributed by atoms with E-state index < -0.39 is 10.1 Å². The van der Waals surface area contributed by atoms with Crippen molar-refractivity contribution in [3.05, 3.63) is 35.0 Å². The molecule has 0 amide bonds. The summed E-state index contributed by atoms with van der Waals surface area (Å²) >= 11 is 5.32. The fourth-order valence-corrected chi connectivity index (χ4v) is 1.23. The molecule has 0 aliphatic heterocycles. The van der Waals surface area contributed by atoms with E-state index in [0.717, 1.165) is 0 Å². The Morgan fingerprint density at radius 3 is 2.31 bits per heavy atom. The van der Waals surface area contributed by atoms with Gasteiger partial charge in [-0.3, -0.25) is 0 Å². The molecule has 3 nitrogen and oxygen atoms in total. The Morgan fingerprint density at radius 2 is 1.85 bits per heavy atom. The normalized spacial score (nSPS) is 11.6. The first-order valence-corrected chi connectivity index (χ1v) is 5.29. The monoisotopic (exact) mass is 219 g/mol. The van der Waals surface area contributed by atoms with Crippen LogP contribution in [0.4, 0.5) is 0 Å². The molecule has 1 aromatic carbocycles. The molecule has 0 N–H and O–H groups in total. The van der Waals surface area contributed by atoms with Gasteiger partial charge in [-0.25, -0.2) is 8.42 Å². The van der Waals surface area contributed by atoms with Crippen molar-refractivity contribution < 1.29 is 12.6 Å². The first-order chi connectivity index (χ1) is 6.02. The third-order valence-electron chi connectivity index (χ3n) is 1.29. The largest absolute Gasteiger partial charge is 0.403 e. The van der Waals surface area contributed by atoms with Crippen LogP contribution in [-0.4, -0.2) is 8.42 Å². The molecule has 5 heteroatoms. The van der Waals surface area contributed by atoms with Crippen LogP contribution < -0.4 is 4.18 Å². The van der Waals surface area contributed by atoms with Crippen molar-refractivity contribution in [1.29, 1.82) is 0 Å². The topological polar surface area (TPSA) is 43.4 Å². The predicted octanol–water partition coefficient (Wildman–Crippen LogP) is 2.14. The maximum absolute atomic E-state index is 11.1. The van der Waals surface area contributed by atoms with E-state index in [1.165, 1.54) is 19.1 Å². The smallest absolute Gasteiger partial charge is 0.193 e. The van der Waals surface area contributed by atoms with Gasteiger partial charge in [0, 0.05) is 0 Å². The molecule has 1 rings (SSSR count). The van der Waals surface area contributed by atoms with E-state index in [2.05, 4.69) is 4.18 Å². The molecule has 0 unspecified atom stereocenters. The van der Waals surface area contributed by atoms with Gasteiger partial charge in [0.1, 0.15) is 5.75 Å². The summed E-state index contributed by atoms with van der Waals surface area (Å²) in [5.74, 6) is 0.252. The maximum atomic E-state index is 11.1. The van der Waals surface area contributed by atoms with E-state index in [-0.39, 0.29) is 10.5 Å². The van der Waals surface area contributed by atoms with Crippen LogP contribution in [0.1, 0.15) is 6.92 Å². The summed E-state index contributed by atoms with van der Waals surface area (Å²) in [4.78, 5) is 0. The third kappa shape index (κ3) is 2.90. The number of rotatable bonds is 3. The summed E-state index contributed by atoms with van der Waals surface area (Å²) < 4.78 is 26.6. The lowest BCUT2D eigenvalue weighted by atomic mass is 10.3. The van der Waals surface area contributed by atoms with Crippen molar-refractivity contribution >= 4 is 21.7 Å². The lowest BCUT2D eigenvalue weighted by Gasteiger charge is -2.17. The zero-order chi connectivity index (χ0) is 9.90. The van der Waals surface area contributed by atoms with Crippen LogP contribution in [0.5, 0.6) is 5.75 Å². The number of benzene rings is 1. The van der Waals surface area contributed by atoms with Gasteiger partial charge in [0.25, 0.3) is 0 Å². The van der Waals surface area contributed by atoms with Crippen LogP contribution >= 0.6 is 11.6 Å². The number of para-hydroxylation sites is 1. The van der Waals surface area contributed by atoms with Crippen molar-refractivity contribution in [2.24, 2.45) is 0 Å². The molecule has 0 atom stereocenters. The number of hydrogen-bond donors (Lipinski definition) is 0. The van der Waals surface area contributed by atoms with Crippen molar-refractivity contribution in [3.8, 4) is 5.75 Å². The van der Waals surface area contributed by atoms with Gasteiger partial charge in [-0.05, 0) is 12.1 Å². The van der Waals surface area contributed by atoms with E-state index in [1.807, 2.05) is 0 Å². The van der Waals surface area contributed by atoms with Gasteiger partial charge in [0.15, 0.2) is 10.1 Å². The Hall–Kier alpha value is -0.740. The Balaban J connectivity index is 2.82. The fraction of sp³-hybridized carbons (Fsp3) is 0.125. The van der Waals surface area contributed by atoms with Gasteiger partial charge in [0.05, 0.1) is 0 Å². The highest BCUT2D eigenvalue weighted by molar-refractivity contribution is 7.91. The average Bonchev–Trinajstić information content (AvgIpc) is 2.05. The summed E-state index contributed by atoms with van der Waals surface area (Å²) in [7, 11) is -3.77. The highest BCUT2D eigenvalue weighted by Gasteiger charge is 2.07. The summed E-state index contributed by atoms with van der Waals surface area (Å²) in [5.41, 5.74) is 0. The lowest BCUT2D eigenvalue weighted by Crippen LogP contribution is -2.12. The molecule has 0 aromatic heterocycles. The molecular formula is C8H8ClO3S-. The Morgan fingerprint density at radius 1 is 1.31 bits per heavy atom. The molecule has 0 fully saturated rings. The third-order valence-corrected chi connectivity index (χ3v) is 2.96. The molecule has 0 saturated carbocycles. The Labute approximate surface area is 82.4 Å². The van der Waals surface area contributed by atoms with E-state index >= 15 is 0 Å². The molecule has 72 valence electrons. The SMILES string of the molecule is C[C-](Cl)S(=O)(=O)Oc1ccccc1. The highest BCUT2D eigenvalue weighted by atomic mass is 35.5. The minimum Gasteiger partial charge on any atom is -0.403 e. The van der Waals surface area contributed by atoms with E-state index in [9.17, 15) is 8.42 Å². The number of hydrogen-bond acceptors (Lipinski definition) is 3. The van der Waals surface area contributed by atoms with Gasteiger partial charge in [-0.1, -0.05) is 22.9 Å². The van der Waals surface area contributed by atoms with Gasteiger partial charge < -0.3 is 15.8 Å². The highest BCUT2D eigenvalue weighted by Crippen LogP contribution is 2.20. The molecule has 0 heterocycles. The molecular weight excluding hydrogens is 212 g/mol. The van der Waals surface area contributed by atoms with Crippen LogP contribution in [0.25, 0.3) is 0 Å². The fourth-order valence-electron chi connectivity index (χ4n) is 0.660. The van der Waals surface area contributed by atoms with Gasteiger partial charge >= 0.3 is 0 Å². The zero-order valence-corrected chi connectivity index (χ0v) is 8.47. The van der Waals surface area contributed by atoms with Gasteiger partial charge in [-0.15, -0.1) is 0 Å². The Kier molecular flexibility index (Phi) is 3.17. The van der Waals surface area contributed by atoms with E-state index in [4.69, 9.17) is 11.6 Å². The Bertz CT molecular complexity index is 358. The van der Waals surface area contributed by atoms with Crippen molar-refractivity contribution in [2.45, 2.75) is 6.92 Å². The summed E-state index contributed by atoms with van der Waals surface area (Å²) in [6.45, 7) is 1.26. The minimum atomic E-state index is -3.77. The van der Waals surface area contributed by atoms with Crippen molar-refractivity contribution in [3.63, 3.8) is 0 Å². The number of halogens is 1. The molecule has 0 radical (unpaired) electrons. The predicted molar refractivity (Wildman–Crippen MR) is 50.8 cm³/mol. The van der Waals surface area contributed by atoms with Crippen LogP contribution in [0.3, 0.4) is 0 Å². The molecule has 0 aliphatic carbocycles. The second-order valence-electron chi connectivity index (χ2n) is 2.32. The minimum absolute atomic E-state index is 0.252. The summed E-state index contributed by atoms with van der Waals surface area (Å²) in [6, 6.07) is 8.19. The molecule has 0 spiro atoms. The molecule has 0 saturated heterocycles. The standard InChI is InChI=1S/C8H8ClO3S/c1-7(9)13(10,11)12-8-5-3-2-4-6-8/h2-6H,1H3/q-1. The lowest BCUT2D eigenvalue weighted by molar-refractivity contribution is 0.491. The zero-order valence-electron chi connectivity index (χ0n) is 6.90. The van der Waals surface area contributed by atoms with Crippen molar-refractivity contribution in [2.75, 3.05) is 0 Å². The molecule has 13 heavy (non-hydrogen) atoms. The summed E-state index contributed by atoms with van der Waals surface area (Å²) in [5, 5.41) is 0. The molecule has 1 aromatic rings. The first kappa shape index (κ1) is 10.3. The van der Waals surface area contributed by atoms with Crippen LogP contribution in [0.2, 0.25) is 0 Å². The average molecular weight is 220 g/mol. The van der Waals surface area contributed by atoms with Gasteiger partial charge in [-0.2, -0.15) is 6.92 Å². The quantitative estimate of drug-likeness (QED) is 0.578. The second-order valence-corrected chi connectivity index (χ2v) is 4.80. The van der Waals surface area contributed by atoms with Crippen LogP contribution in [0.15, 0.2) is 30.3 Å². The first-order valence-electron chi connectivity index (χ1n) is 3.51. The van der Waals surface area contributed by atoms with Crippen LogP contribution in [0, 0.1) is 4.71 Å².